The molecule has 0 unspecified atom stereocenters. The molecule has 102 valence electrons. The Morgan fingerprint density at radius 2 is 1.90 bits per heavy atom. The third-order valence-corrected chi connectivity index (χ3v) is 2.93. The summed E-state index contributed by atoms with van der Waals surface area (Å²) >= 11 is 0. The topological polar surface area (TPSA) is 66.1 Å². The number of hydrogen-bond donors (Lipinski definition) is 1. The Bertz CT molecular complexity index is 585. The van der Waals surface area contributed by atoms with Gasteiger partial charge in [-0.25, -0.2) is 0 Å². The van der Waals surface area contributed by atoms with Crippen LogP contribution in [0.4, 0.5) is 0 Å². The van der Waals surface area contributed by atoms with Gasteiger partial charge in [-0.1, -0.05) is 19.1 Å². The van der Waals surface area contributed by atoms with E-state index >= 15 is 0 Å². The lowest BCUT2D eigenvalue weighted by Gasteiger charge is -2.09. The van der Waals surface area contributed by atoms with Gasteiger partial charge < -0.3 is 9.84 Å². The third kappa shape index (κ3) is 3.56. The van der Waals surface area contributed by atoms with E-state index in [4.69, 9.17) is 10.00 Å². The van der Waals surface area contributed by atoms with Gasteiger partial charge in [0.25, 0.3) is 0 Å². The smallest absolute Gasteiger partial charge is 0.145 e. The van der Waals surface area contributed by atoms with Gasteiger partial charge in [0.05, 0.1) is 30.5 Å². The number of nitriles is 1. The van der Waals surface area contributed by atoms with Crippen molar-refractivity contribution >= 4 is 0 Å². The third-order valence-electron chi connectivity index (χ3n) is 2.93. The fraction of sp³-hybridized carbons (Fsp3) is 0.250. The highest BCUT2D eigenvalue weighted by Crippen LogP contribution is 2.23. The number of benzene rings is 1. The van der Waals surface area contributed by atoms with Crippen molar-refractivity contribution < 1.29 is 9.84 Å². The van der Waals surface area contributed by atoms with E-state index in [2.05, 4.69) is 11.1 Å². The zero-order valence-electron chi connectivity index (χ0n) is 11.3. The molecule has 0 saturated carbocycles. The average Bonchev–Trinajstić information content (AvgIpc) is 2.49. The highest BCUT2D eigenvalue weighted by atomic mass is 16.5. The first-order chi connectivity index (χ1) is 9.72. The quantitative estimate of drug-likeness (QED) is 0.902. The molecular weight excluding hydrogens is 252 g/mol. The summed E-state index contributed by atoms with van der Waals surface area (Å²) in [4.78, 5) is 4.17. The molecule has 1 aromatic heterocycles. The van der Waals surface area contributed by atoms with Crippen molar-refractivity contribution in [1.29, 1.82) is 5.26 Å². The lowest BCUT2D eigenvalue weighted by Crippen LogP contribution is -1.98. The highest BCUT2D eigenvalue weighted by molar-refractivity contribution is 5.33. The predicted octanol–water partition coefficient (Wildman–Crippen LogP) is 3.38. The van der Waals surface area contributed by atoms with Crippen LogP contribution in [0.15, 0.2) is 42.6 Å². The largest absolute Gasteiger partial charge is 0.456 e. The lowest BCUT2D eigenvalue weighted by atomic mass is 10.1. The van der Waals surface area contributed by atoms with E-state index < -0.39 is 6.10 Å². The molecule has 2 aromatic rings. The Morgan fingerprint density at radius 3 is 2.45 bits per heavy atom. The molecule has 0 aliphatic carbocycles. The van der Waals surface area contributed by atoms with Crippen LogP contribution in [-0.4, -0.2) is 10.1 Å². The number of pyridine rings is 1. The summed E-state index contributed by atoms with van der Waals surface area (Å²) < 4.78 is 5.65. The van der Waals surface area contributed by atoms with E-state index in [9.17, 15) is 5.11 Å². The zero-order valence-corrected chi connectivity index (χ0v) is 11.3. The van der Waals surface area contributed by atoms with Gasteiger partial charge >= 0.3 is 0 Å². The maximum absolute atomic E-state index is 9.66. The summed E-state index contributed by atoms with van der Waals surface area (Å²) in [6.07, 6.45) is 2.09. The summed E-state index contributed by atoms with van der Waals surface area (Å²) in [5.41, 5.74) is 1.60. The van der Waals surface area contributed by atoms with Gasteiger partial charge in [-0.2, -0.15) is 5.26 Å². The van der Waals surface area contributed by atoms with Crippen LogP contribution in [0.1, 0.15) is 30.7 Å². The Kier molecular flexibility index (Phi) is 4.70. The van der Waals surface area contributed by atoms with Crippen molar-refractivity contribution in [3.8, 4) is 17.6 Å². The van der Waals surface area contributed by atoms with Crippen LogP contribution >= 0.6 is 0 Å². The Labute approximate surface area is 118 Å². The molecule has 0 spiro atoms. The Balaban J connectivity index is 2.04. The van der Waals surface area contributed by atoms with Gasteiger partial charge in [-0.15, -0.1) is 0 Å². The fourth-order valence-corrected chi connectivity index (χ4v) is 1.76. The molecule has 0 saturated heterocycles. The molecule has 2 rings (SSSR count). The van der Waals surface area contributed by atoms with Crippen LogP contribution in [0.25, 0.3) is 0 Å². The summed E-state index contributed by atoms with van der Waals surface area (Å²) in [6, 6.07) is 13.0. The van der Waals surface area contributed by atoms with Crippen molar-refractivity contribution in [2.75, 3.05) is 0 Å². The standard InChI is InChI=1S/C16H16N2O2/c1-2-16(19)15-8-7-14(11-18-15)20-13-5-3-12(4-6-13)9-10-17/h3-8,11,16,19H,2,9H2,1H3/t16-/m0/s1. The molecule has 0 fully saturated rings. The lowest BCUT2D eigenvalue weighted by molar-refractivity contribution is 0.169. The molecule has 0 aliphatic heterocycles. The Morgan fingerprint density at radius 1 is 1.20 bits per heavy atom. The number of aromatic nitrogens is 1. The Hall–Kier alpha value is -2.38. The molecule has 0 bridgehead atoms. The number of aliphatic hydroxyl groups is 1. The molecular formula is C16H16N2O2. The molecule has 20 heavy (non-hydrogen) atoms. The molecule has 1 atom stereocenters. The second-order valence-electron chi connectivity index (χ2n) is 4.42. The minimum absolute atomic E-state index is 0.394. The monoisotopic (exact) mass is 268 g/mol. The van der Waals surface area contributed by atoms with E-state index in [-0.39, 0.29) is 0 Å². The van der Waals surface area contributed by atoms with Gasteiger partial charge in [-0.05, 0) is 36.2 Å². The van der Waals surface area contributed by atoms with Gasteiger partial charge in [-0.3, -0.25) is 4.98 Å². The van der Waals surface area contributed by atoms with Crippen molar-refractivity contribution in [2.24, 2.45) is 0 Å². The van der Waals surface area contributed by atoms with Crippen LogP contribution in [-0.2, 0) is 6.42 Å². The van der Waals surface area contributed by atoms with E-state index in [1.807, 2.05) is 31.2 Å². The molecule has 4 nitrogen and oxygen atoms in total. The average molecular weight is 268 g/mol. The number of hydrogen-bond acceptors (Lipinski definition) is 4. The van der Waals surface area contributed by atoms with Gasteiger partial charge in [0, 0.05) is 0 Å². The van der Waals surface area contributed by atoms with Crippen LogP contribution < -0.4 is 4.74 Å². The summed E-state index contributed by atoms with van der Waals surface area (Å²) in [5.74, 6) is 1.31. The van der Waals surface area contributed by atoms with E-state index in [1.54, 1.807) is 18.3 Å². The first-order valence-corrected chi connectivity index (χ1v) is 6.50. The molecule has 0 radical (unpaired) electrons. The number of rotatable bonds is 5. The van der Waals surface area contributed by atoms with Crippen LogP contribution in [0.5, 0.6) is 11.5 Å². The summed E-state index contributed by atoms with van der Waals surface area (Å²) in [5, 5.41) is 18.3. The molecule has 1 heterocycles. The van der Waals surface area contributed by atoms with Crippen molar-refractivity contribution in [3.63, 3.8) is 0 Å². The predicted molar refractivity (Wildman–Crippen MR) is 75.3 cm³/mol. The molecule has 1 aromatic carbocycles. The van der Waals surface area contributed by atoms with E-state index in [0.717, 1.165) is 5.56 Å². The second-order valence-corrected chi connectivity index (χ2v) is 4.42. The minimum Gasteiger partial charge on any atom is -0.456 e. The molecule has 0 aliphatic rings. The minimum atomic E-state index is -0.533. The fourth-order valence-electron chi connectivity index (χ4n) is 1.76. The molecule has 0 amide bonds. The van der Waals surface area contributed by atoms with Gasteiger partial charge in [0.1, 0.15) is 11.5 Å². The van der Waals surface area contributed by atoms with Crippen LogP contribution in [0, 0.1) is 11.3 Å². The highest BCUT2D eigenvalue weighted by Gasteiger charge is 2.06. The second kappa shape index (κ2) is 6.69. The summed E-state index contributed by atoms with van der Waals surface area (Å²) in [7, 11) is 0. The van der Waals surface area contributed by atoms with Crippen molar-refractivity contribution in [2.45, 2.75) is 25.9 Å². The first kappa shape index (κ1) is 14.0. The van der Waals surface area contributed by atoms with Crippen molar-refractivity contribution in [1.82, 2.24) is 4.98 Å². The molecule has 1 N–H and O–H groups in total. The zero-order chi connectivity index (χ0) is 14.4. The number of nitrogens with zero attached hydrogens (tertiary/aromatic N) is 2. The first-order valence-electron chi connectivity index (χ1n) is 6.50. The normalized spacial score (nSPS) is 11.7. The molecule has 4 heteroatoms. The van der Waals surface area contributed by atoms with E-state index in [1.165, 1.54) is 0 Å². The summed E-state index contributed by atoms with van der Waals surface area (Å²) in [6.45, 7) is 1.90. The maximum Gasteiger partial charge on any atom is 0.145 e. The van der Waals surface area contributed by atoms with Gasteiger partial charge in [0.15, 0.2) is 0 Å². The van der Waals surface area contributed by atoms with Crippen molar-refractivity contribution in [3.05, 3.63) is 53.9 Å². The van der Waals surface area contributed by atoms with Crippen LogP contribution in [0.2, 0.25) is 0 Å². The van der Waals surface area contributed by atoms with Gasteiger partial charge in [0.2, 0.25) is 0 Å². The maximum atomic E-state index is 9.66. The number of aliphatic hydroxyl groups excluding tert-OH is 1. The van der Waals surface area contributed by atoms with Crippen LogP contribution in [0.3, 0.4) is 0 Å². The number of ether oxygens (including phenoxy) is 1. The SMILES string of the molecule is CC[C@H](O)c1ccc(Oc2ccc(CC#N)cc2)cn1. The van der Waals surface area contributed by atoms with E-state index in [0.29, 0.717) is 30.0 Å².